The van der Waals surface area contributed by atoms with E-state index in [1.54, 1.807) is 0 Å². The van der Waals surface area contributed by atoms with Crippen LogP contribution in [0.3, 0.4) is 0 Å². The van der Waals surface area contributed by atoms with Crippen molar-refractivity contribution < 1.29 is 5.11 Å². The average Bonchev–Trinajstić information content (AvgIpc) is 2.63. The molecule has 0 aromatic carbocycles. The molecule has 0 aliphatic heterocycles. The molecule has 0 spiro atoms. The lowest BCUT2D eigenvalue weighted by Gasteiger charge is -2.39. The zero-order valence-electron chi connectivity index (χ0n) is 8.55. The molecule has 1 heteroatoms. The molecule has 0 aromatic heterocycles. The maximum Gasteiger partial charge on any atom is 0.0882 e. The molecular weight excluding hydrogens is 160 g/mol. The Kier molecular flexibility index (Phi) is 2.46. The highest BCUT2D eigenvalue weighted by molar-refractivity contribution is 5.22. The molecule has 0 amide bonds. The molecule has 1 saturated carbocycles. The van der Waals surface area contributed by atoms with E-state index in [9.17, 15) is 5.11 Å². The van der Waals surface area contributed by atoms with Crippen molar-refractivity contribution >= 4 is 0 Å². The maximum atomic E-state index is 10.6. The van der Waals surface area contributed by atoms with Gasteiger partial charge in [0.1, 0.15) is 0 Å². The fourth-order valence-corrected chi connectivity index (χ4v) is 2.87. The Balaban J connectivity index is 2.16. The normalized spacial score (nSPS) is 40.5. The van der Waals surface area contributed by atoms with Crippen molar-refractivity contribution in [3.05, 3.63) is 11.6 Å². The summed E-state index contributed by atoms with van der Waals surface area (Å²) in [6.45, 7) is 2.21. The van der Waals surface area contributed by atoms with Crippen LogP contribution < -0.4 is 0 Å². The smallest absolute Gasteiger partial charge is 0.0882 e. The van der Waals surface area contributed by atoms with Crippen molar-refractivity contribution in [2.45, 2.75) is 57.5 Å². The second kappa shape index (κ2) is 3.45. The topological polar surface area (TPSA) is 20.2 Å². The van der Waals surface area contributed by atoms with Crippen LogP contribution in [0.2, 0.25) is 0 Å². The minimum Gasteiger partial charge on any atom is -0.385 e. The van der Waals surface area contributed by atoms with Gasteiger partial charge in [0.25, 0.3) is 0 Å². The van der Waals surface area contributed by atoms with Gasteiger partial charge in [-0.1, -0.05) is 25.8 Å². The minimum absolute atomic E-state index is 0.422. The van der Waals surface area contributed by atoms with E-state index in [0.717, 1.165) is 12.8 Å². The first-order valence-electron chi connectivity index (χ1n) is 5.65. The van der Waals surface area contributed by atoms with E-state index < -0.39 is 5.60 Å². The minimum atomic E-state index is -0.422. The molecule has 13 heavy (non-hydrogen) atoms. The maximum absolute atomic E-state index is 10.6. The Hall–Kier alpha value is -0.300. The standard InChI is InChI=1S/C12H20O/c1-10-6-4-5-9-12(10,13)11-7-2-3-8-11/h7,10,13H,2-6,8-9H2,1H3. The third-order valence-corrected chi connectivity index (χ3v) is 3.86. The quantitative estimate of drug-likeness (QED) is 0.615. The molecule has 1 nitrogen and oxygen atoms in total. The zero-order valence-corrected chi connectivity index (χ0v) is 8.55. The molecule has 0 radical (unpaired) electrons. The van der Waals surface area contributed by atoms with E-state index in [2.05, 4.69) is 13.0 Å². The highest BCUT2D eigenvalue weighted by atomic mass is 16.3. The van der Waals surface area contributed by atoms with Crippen LogP contribution in [0.25, 0.3) is 0 Å². The third kappa shape index (κ3) is 1.54. The van der Waals surface area contributed by atoms with Crippen molar-refractivity contribution in [2.24, 2.45) is 5.92 Å². The largest absolute Gasteiger partial charge is 0.385 e. The second-order valence-corrected chi connectivity index (χ2v) is 4.69. The van der Waals surface area contributed by atoms with Crippen molar-refractivity contribution in [1.29, 1.82) is 0 Å². The van der Waals surface area contributed by atoms with Gasteiger partial charge in [-0.05, 0) is 43.6 Å². The van der Waals surface area contributed by atoms with Gasteiger partial charge < -0.3 is 5.11 Å². The molecule has 0 saturated heterocycles. The molecule has 0 bridgehead atoms. The molecule has 2 aliphatic rings. The number of hydrogen-bond donors (Lipinski definition) is 1. The summed E-state index contributed by atoms with van der Waals surface area (Å²) >= 11 is 0. The van der Waals surface area contributed by atoms with E-state index in [4.69, 9.17) is 0 Å². The highest BCUT2D eigenvalue weighted by Gasteiger charge is 2.39. The monoisotopic (exact) mass is 180 g/mol. The van der Waals surface area contributed by atoms with Crippen LogP contribution in [0.1, 0.15) is 51.9 Å². The predicted octanol–water partition coefficient (Wildman–Crippen LogP) is 3.04. The summed E-state index contributed by atoms with van der Waals surface area (Å²) in [7, 11) is 0. The average molecular weight is 180 g/mol. The van der Waals surface area contributed by atoms with Crippen LogP contribution in [0, 0.1) is 5.92 Å². The number of allylic oxidation sites excluding steroid dienone is 1. The molecule has 1 fully saturated rings. The van der Waals surface area contributed by atoms with Gasteiger partial charge >= 0.3 is 0 Å². The number of aliphatic hydroxyl groups is 1. The van der Waals surface area contributed by atoms with Crippen molar-refractivity contribution in [3.8, 4) is 0 Å². The molecule has 0 heterocycles. The van der Waals surface area contributed by atoms with Gasteiger partial charge in [-0.15, -0.1) is 0 Å². The van der Waals surface area contributed by atoms with E-state index >= 15 is 0 Å². The lowest BCUT2D eigenvalue weighted by Crippen LogP contribution is -2.40. The van der Waals surface area contributed by atoms with Gasteiger partial charge in [0.05, 0.1) is 5.60 Å². The van der Waals surface area contributed by atoms with Gasteiger partial charge in [0.2, 0.25) is 0 Å². The zero-order chi connectivity index (χ0) is 9.31. The fourth-order valence-electron chi connectivity index (χ4n) is 2.87. The van der Waals surface area contributed by atoms with E-state index in [1.165, 1.54) is 37.7 Å². The Labute approximate surface area is 80.8 Å². The highest BCUT2D eigenvalue weighted by Crippen LogP contribution is 2.42. The summed E-state index contributed by atoms with van der Waals surface area (Å²) in [6, 6.07) is 0. The van der Waals surface area contributed by atoms with Crippen LogP contribution in [0.4, 0.5) is 0 Å². The van der Waals surface area contributed by atoms with Crippen molar-refractivity contribution in [1.82, 2.24) is 0 Å². The molecule has 2 unspecified atom stereocenters. The SMILES string of the molecule is CC1CCCCC1(O)C1=CCCC1. The third-order valence-electron chi connectivity index (χ3n) is 3.86. The Morgan fingerprint density at radius 1 is 1.38 bits per heavy atom. The summed E-state index contributed by atoms with van der Waals surface area (Å²) in [5.74, 6) is 0.477. The first-order valence-corrected chi connectivity index (χ1v) is 5.65. The van der Waals surface area contributed by atoms with Gasteiger partial charge in [0, 0.05) is 0 Å². The van der Waals surface area contributed by atoms with E-state index in [-0.39, 0.29) is 0 Å². The summed E-state index contributed by atoms with van der Waals surface area (Å²) < 4.78 is 0. The molecule has 0 aromatic rings. The van der Waals surface area contributed by atoms with Crippen LogP contribution >= 0.6 is 0 Å². The first-order chi connectivity index (χ1) is 6.23. The molecule has 1 N–H and O–H groups in total. The summed E-state index contributed by atoms with van der Waals surface area (Å²) in [5, 5.41) is 10.6. The van der Waals surface area contributed by atoms with E-state index in [0.29, 0.717) is 5.92 Å². The summed E-state index contributed by atoms with van der Waals surface area (Å²) in [5.41, 5.74) is 0.925. The second-order valence-electron chi connectivity index (χ2n) is 4.69. The molecular formula is C12H20O. The van der Waals surface area contributed by atoms with Gasteiger partial charge in [-0.2, -0.15) is 0 Å². The lowest BCUT2D eigenvalue weighted by molar-refractivity contribution is -0.00925. The molecule has 74 valence electrons. The van der Waals surface area contributed by atoms with Crippen LogP contribution in [-0.2, 0) is 0 Å². The Bertz CT molecular complexity index is 219. The van der Waals surface area contributed by atoms with Crippen LogP contribution in [-0.4, -0.2) is 10.7 Å². The van der Waals surface area contributed by atoms with E-state index in [1.807, 2.05) is 0 Å². The van der Waals surface area contributed by atoms with Gasteiger partial charge in [0.15, 0.2) is 0 Å². The fraction of sp³-hybridized carbons (Fsp3) is 0.833. The van der Waals surface area contributed by atoms with Crippen LogP contribution in [0.5, 0.6) is 0 Å². The van der Waals surface area contributed by atoms with Crippen molar-refractivity contribution in [2.75, 3.05) is 0 Å². The Morgan fingerprint density at radius 2 is 2.23 bits per heavy atom. The van der Waals surface area contributed by atoms with Crippen LogP contribution in [0.15, 0.2) is 11.6 Å². The van der Waals surface area contributed by atoms with Gasteiger partial charge in [-0.25, -0.2) is 0 Å². The Morgan fingerprint density at radius 3 is 2.85 bits per heavy atom. The van der Waals surface area contributed by atoms with Gasteiger partial charge in [-0.3, -0.25) is 0 Å². The molecule has 2 aliphatic carbocycles. The predicted molar refractivity (Wildman–Crippen MR) is 54.5 cm³/mol. The molecule has 2 atom stereocenters. The summed E-state index contributed by atoms with van der Waals surface area (Å²) in [4.78, 5) is 0. The van der Waals surface area contributed by atoms with Crippen molar-refractivity contribution in [3.63, 3.8) is 0 Å². The lowest BCUT2D eigenvalue weighted by atomic mass is 9.72. The number of hydrogen-bond acceptors (Lipinski definition) is 1. The number of rotatable bonds is 1. The summed E-state index contributed by atoms with van der Waals surface area (Å²) in [6.07, 6.45) is 10.6. The first kappa shape index (κ1) is 9.26. The molecule has 2 rings (SSSR count).